The Bertz CT molecular complexity index is 608. The van der Waals surface area contributed by atoms with E-state index in [1.165, 1.54) is 18.3 Å². The summed E-state index contributed by atoms with van der Waals surface area (Å²) in [5.74, 6) is 0.845. The predicted octanol–water partition coefficient (Wildman–Crippen LogP) is 2.93. The Morgan fingerprint density at radius 2 is 2.14 bits per heavy atom. The Hall–Kier alpha value is -2.01. The maximum atomic E-state index is 12.5. The van der Waals surface area contributed by atoms with E-state index in [0.717, 1.165) is 25.3 Å². The second-order valence-corrected chi connectivity index (χ2v) is 5.54. The molecule has 0 bridgehead atoms. The van der Waals surface area contributed by atoms with Gasteiger partial charge in [-0.15, -0.1) is 0 Å². The van der Waals surface area contributed by atoms with Gasteiger partial charge in [0.1, 0.15) is 18.8 Å². The highest BCUT2D eigenvalue weighted by atomic mass is 19.1. The average Bonchev–Trinajstić information content (AvgIpc) is 3.17. The van der Waals surface area contributed by atoms with Crippen LogP contribution in [0.1, 0.15) is 24.2 Å². The van der Waals surface area contributed by atoms with E-state index >= 15 is 0 Å². The summed E-state index contributed by atoms with van der Waals surface area (Å²) in [6.45, 7) is 1.65. The smallest absolute Gasteiger partial charge is 0.141 e. The third-order valence-corrected chi connectivity index (χ3v) is 4.06. The van der Waals surface area contributed by atoms with Gasteiger partial charge in [-0.2, -0.15) is 5.10 Å². The Morgan fingerprint density at radius 3 is 2.95 bits per heavy atom. The second-order valence-electron chi connectivity index (χ2n) is 5.54. The van der Waals surface area contributed by atoms with Crippen molar-refractivity contribution in [2.45, 2.75) is 32.0 Å². The van der Waals surface area contributed by atoms with Gasteiger partial charge in [0.25, 0.3) is 0 Å². The third kappa shape index (κ3) is 3.60. The number of hydrogen-bond acceptors (Lipinski definition) is 3. The monoisotopic (exact) mass is 300 g/mol. The first-order valence-corrected chi connectivity index (χ1v) is 7.77. The minimum atomic E-state index is -0.409. The number of likely N-dealkylation sites (tertiary alicyclic amines) is 1. The van der Waals surface area contributed by atoms with Crippen LogP contribution in [0.3, 0.4) is 0 Å². The van der Waals surface area contributed by atoms with Crippen LogP contribution in [0.5, 0.6) is 0 Å². The molecule has 0 unspecified atom stereocenters. The van der Waals surface area contributed by atoms with Crippen molar-refractivity contribution in [3.63, 3.8) is 0 Å². The van der Waals surface area contributed by atoms with E-state index in [1.54, 1.807) is 4.68 Å². The standard InChI is InChI=1S/C17H21FN4/c18-10-12-22-17(19-14-20-22)13-21-11-4-7-16(21)9-8-15-5-2-1-3-6-15/h1-3,5-6,8-9,14,16H,4,7,10-13H2/b9-8+/t16-/m0/s1. The quantitative estimate of drug-likeness (QED) is 0.822. The zero-order valence-corrected chi connectivity index (χ0v) is 12.6. The molecular formula is C17H21FN4. The summed E-state index contributed by atoms with van der Waals surface area (Å²) in [4.78, 5) is 6.66. The van der Waals surface area contributed by atoms with E-state index in [0.29, 0.717) is 6.04 Å². The van der Waals surface area contributed by atoms with E-state index < -0.39 is 6.67 Å². The lowest BCUT2D eigenvalue weighted by atomic mass is 10.1. The van der Waals surface area contributed by atoms with E-state index in [4.69, 9.17) is 0 Å². The van der Waals surface area contributed by atoms with Crippen LogP contribution in [-0.2, 0) is 13.1 Å². The van der Waals surface area contributed by atoms with Crippen molar-refractivity contribution >= 4 is 6.08 Å². The molecule has 2 aromatic rings. The first-order chi connectivity index (χ1) is 10.9. The first kappa shape index (κ1) is 14.9. The molecule has 0 radical (unpaired) electrons. The number of rotatable bonds is 6. The molecule has 116 valence electrons. The molecule has 1 aliphatic heterocycles. The molecular weight excluding hydrogens is 279 g/mol. The highest BCUT2D eigenvalue weighted by molar-refractivity contribution is 5.49. The molecule has 0 saturated carbocycles. The summed E-state index contributed by atoms with van der Waals surface area (Å²) in [5, 5.41) is 4.09. The molecule has 1 saturated heterocycles. The zero-order chi connectivity index (χ0) is 15.2. The molecule has 0 aliphatic carbocycles. The van der Waals surface area contributed by atoms with Crippen LogP contribution in [-0.4, -0.2) is 38.9 Å². The molecule has 1 aromatic carbocycles. The van der Waals surface area contributed by atoms with Crippen molar-refractivity contribution in [3.05, 3.63) is 54.1 Å². The van der Waals surface area contributed by atoms with Gasteiger partial charge in [-0.05, 0) is 24.9 Å². The van der Waals surface area contributed by atoms with E-state index in [9.17, 15) is 4.39 Å². The Morgan fingerprint density at radius 1 is 1.27 bits per heavy atom. The molecule has 1 fully saturated rings. The number of hydrogen-bond donors (Lipinski definition) is 0. The van der Waals surface area contributed by atoms with Gasteiger partial charge in [0.05, 0.1) is 13.1 Å². The Balaban J connectivity index is 1.65. The van der Waals surface area contributed by atoms with Gasteiger partial charge in [0.15, 0.2) is 0 Å². The molecule has 3 rings (SSSR count). The summed E-state index contributed by atoms with van der Waals surface area (Å²) in [5.41, 5.74) is 1.22. The summed E-state index contributed by atoms with van der Waals surface area (Å²) < 4.78 is 14.2. The molecule has 4 nitrogen and oxygen atoms in total. The number of alkyl halides is 1. The summed E-state index contributed by atoms with van der Waals surface area (Å²) in [6, 6.07) is 10.7. The molecule has 1 atom stereocenters. The number of nitrogens with zero attached hydrogens (tertiary/aromatic N) is 4. The lowest BCUT2D eigenvalue weighted by molar-refractivity contribution is 0.266. The lowest BCUT2D eigenvalue weighted by Crippen LogP contribution is -2.29. The minimum Gasteiger partial charge on any atom is -0.289 e. The average molecular weight is 300 g/mol. The van der Waals surface area contributed by atoms with Crippen LogP contribution < -0.4 is 0 Å². The van der Waals surface area contributed by atoms with Crippen molar-refractivity contribution in [1.29, 1.82) is 0 Å². The Labute approximate surface area is 130 Å². The molecule has 1 aromatic heterocycles. The summed E-state index contributed by atoms with van der Waals surface area (Å²) >= 11 is 0. The van der Waals surface area contributed by atoms with E-state index in [2.05, 4.69) is 39.3 Å². The van der Waals surface area contributed by atoms with Crippen LogP contribution >= 0.6 is 0 Å². The van der Waals surface area contributed by atoms with Crippen molar-refractivity contribution in [1.82, 2.24) is 19.7 Å². The second kappa shape index (κ2) is 7.31. The molecule has 5 heteroatoms. The van der Waals surface area contributed by atoms with Gasteiger partial charge in [0.2, 0.25) is 0 Å². The van der Waals surface area contributed by atoms with Gasteiger partial charge >= 0.3 is 0 Å². The SMILES string of the molecule is FCCn1ncnc1CN1CCC[C@H]1/C=C/c1ccccc1. The third-order valence-electron chi connectivity index (χ3n) is 4.06. The van der Waals surface area contributed by atoms with Gasteiger partial charge < -0.3 is 0 Å². The lowest BCUT2D eigenvalue weighted by Gasteiger charge is -2.21. The largest absolute Gasteiger partial charge is 0.289 e. The number of aryl methyl sites for hydroxylation is 1. The molecule has 0 amide bonds. The Kier molecular flexibility index (Phi) is 4.96. The van der Waals surface area contributed by atoms with Crippen molar-refractivity contribution < 1.29 is 4.39 Å². The van der Waals surface area contributed by atoms with Gasteiger partial charge in [0, 0.05) is 6.04 Å². The topological polar surface area (TPSA) is 34.0 Å². The first-order valence-electron chi connectivity index (χ1n) is 7.77. The van der Waals surface area contributed by atoms with Crippen LogP contribution in [0.4, 0.5) is 4.39 Å². The van der Waals surface area contributed by atoms with Crippen molar-refractivity contribution in [2.75, 3.05) is 13.2 Å². The van der Waals surface area contributed by atoms with Gasteiger partial charge in [-0.1, -0.05) is 42.5 Å². The summed E-state index contributed by atoms with van der Waals surface area (Å²) in [7, 11) is 0. The maximum Gasteiger partial charge on any atom is 0.141 e. The van der Waals surface area contributed by atoms with Crippen LogP contribution in [0.25, 0.3) is 6.08 Å². The predicted molar refractivity (Wildman–Crippen MR) is 84.9 cm³/mol. The number of benzene rings is 1. The molecule has 0 N–H and O–H groups in total. The van der Waals surface area contributed by atoms with Crippen LogP contribution in [0.2, 0.25) is 0 Å². The molecule has 22 heavy (non-hydrogen) atoms. The zero-order valence-electron chi connectivity index (χ0n) is 12.6. The fourth-order valence-electron chi connectivity index (χ4n) is 2.91. The van der Waals surface area contributed by atoms with E-state index in [-0.39, 0.29) is 6.54 Å². The number of halogens is 1. The normalized spacial score (nSPS) is 19.2. The fraction of sp³-hybridized carbons (Fsp3) is 0.412. The summed E-state index contributed by atoms with van der Waals surface area (Å²) in [6.07, 6.45) is 8.28. The van der Waals surface area contributed by atoms with Crippen molar-refractivity contribution in [3.8, 4) is 0 Å². The molecule has 0 spiro atoms. The van der Waals surface area contributed by atoms with Crippen LogP contribution in [0, 0.1) is 0 Å². The fourth-order valence-corrected chi connectivity index (χ4v) is 2.91. The number of aromatic nitrogens is 3. The maximum absolute atomic E-state index is 12.5. The highest BCUT2D eigenvalue weighted by Gasteiger charge is 2.23. The van der Waals surface area contributed by atoms with Gasteiger partial charge in [-0.3, -0.25) is 4.90 Å². The minimum absolute atomic E-state index is 0.285. The van der Waals surface area contributed by atoms with E-state index in [1.807, 2.05) is 18.2 Å². The molecule has 1 aliphatic rings. The highest BCUT2D eigenvalue weighted by Crippen LogP contribution is 2.21. The van der Waals surface area contributed by atoms with Crippen molar-refractivity contribution in [2.24, 2.45) is 0 Å². The molecule has 2 heterocycles. The van der Waals surface area contributed by atoms with Gasteiger partial charge in [-0.25, -0.2) is 14.1 Å². The van der Waals surface area contributed by atoms with Crippen LogP contribution in [0.15, 0.2) is 42.7 Å².